The van der Waals surface area contributed by atoms with Crippen molar-refractivity contribution in [3.8, 4) is 5.69 Å². The molecule has 3 aromatic rings. The third-order valence-electron chi connectivity index (χ3n) is 5.73. The van der Waals surface area contributed by atoms with Crippen LogP contribution in [0.1, 0.15) is 22.5 Å². The van der Waals surface area contributed by atoms with Crippen LogP contribution in [-0.4, -0.2) is 35.5 Å². The SMILES string of the molecule is CNC1CC(C(=O)Nc2ccc(-n3ccccc3=O)cc2F)C[C@@H]1NC(=O)c1ccc(Cl)s1. The molecule has 1 aliphatic carbocycles. The molecule has 0 radical (unpaired) electrons. The maximum atomic E-state index is 14.7. The molecule has 2 amide bonds. The normalized spacial score (nSPS) is 19.9. The smallest absolute Gasteiger partial charge is 0.261 e. The number of likely N-dealkylation sites (N-methyl/N-ethyl adjacent to an activating group) is 1. The van der Waals surface area contributed by atoms with Crippen molar-refractivity contribution in [1.82, 2.24) is 15.2 Å². The fraction of sp³-hybridized carbons (Fsp3) is 0.261. The highest BCUT2D eigenvalue weighted by atomic mass is 35.5. The maximum Gasteiger partial charge on any atom is 0.261 e. The van der Waals surface area contributed by atoms with Crippen LogP contribution in [0.3, 0.4) is 0 Å². The van der Waals surface area contributed by atoms with Crippen LogP contribution < -0.4 is 21.5 Å². The lowest BCUT2D eigenvalue weighted by Crippen LogP contribution is -2.45. The molecular weight excluding hydrogens is 467 g/mol. The van der Waals surface area contributed by atoms with Crippen molar-refractivity contribution in [3.05, 3.63) is 80.1 Å². The van der Waals surface area contributed by atoms with Crippen LogP contribution in [0.5, 0.6) is 0 Å². The Morgan fingerprint density at radius 3 is 2.58 bits per heavy atom. The van der Waals surface area contributed by atoms with E-state index in [1.807, 2.05) is 0 Å². The van der Waals surface area contributed by atoms with Gasteiger partial charge in [-0.15, -0.1) is 11.3 Å². The zero-order valence-corrected chi connectivity index (χ0v) is 19.3. The predicted molar refractivity (Wildman–Crippen MR) is 127 cm³/mol. The number of aromatic nitrogens is 1. The van der Waals surface area contributed by atoms with Gasteiger partial charge in [0.25, 0.3) is 11.5 Å². The van der Waals surface area contributed by atoms with Crippen LogP contribution in [0.25, 0.3) is 5.69 Å². The second kappa shape index (κ2) is 9.86. The summed E-state index contributed by atoms with van der Waals surface area (Å²) in [5.74, 6) is -1.61. The highest BCUT2D eigenvalue weighted by Crippen LogP contribution is 2.29. The second-order valence-electron chi connectivity index (χ2n) is 7.81. The lowest BCUT2D eigenvalue weighted by atomic mass is 10.1. The maximum absolute atomic E-state index is 14.7. The molecule has 2 unspecified atom stereocenters. The van der Waals surface area contributed by atoms with Crippen LogP contribution >= 0.6 is 22.9 Å². The van der Waals surface area contributed by atoms with Crippen molar-refractivity contribution in [2.24, 2.45) is 5.92 Å². The Hall–Kier alpha value is -3.01. The summed E-state index contributed by atoms with van der Waals surface area (Å²) in [7, 11) is 1.77. The molecule has 2 aromatic heterocycles. The van der Waals surface area contributed by atoms with Gasteiger partial charge in [-0.05, 0) is 50.2 Å². The van der Waals surface area contributed by atoms with E-state index >= 15 is 0 Å². The minimum Gasteiger partial charge on any atom is -0.347 e. The summed E-state index contributed by atoms with van der Waals surface area (Å²) >= 11 is 7.10. The number of halogens is 2. The Labute approximate surface area is 198 Å². The number of benzene rings is 1. The summed E-state index contributed by atoms with van der Waals surface area (Å²) in [6, 6.07) is 11.8. The molecule has 1 fully saturated rings. The number of nitrogens with one attached hydrogen (secondary N) is 3. The van der Waals surface area contributed by atoms with Crippen LogP contribution in [0.15, 0.2) is 59.5 Å². The number of thiophene rings is 1. The van der Waals surface area contributed by atoms with Crippen molar-refractivity contribution in [1.29, 1.82) is 0 Å². The third kappa shape index (κ3) is 5.16. The number of hydrogen-bond donors (Lipinski definition) is 3. The molecule has 33 heavy (non-hydrogen) atoms. The molecule has 0 saturated heterocycles. The van der Waals surface area contributed by atoms with E-state index in [-0.39, 0.29) is 35.1 Å². The molecule has 1 aromatic carbocycles. The van der Waals surface area contributed by atoms with E-state index in [9.17, 15) is 18.8 Å². The van der Waals surface area contributed by atoms with Gasteiger partial charge in [-0.3, -0.25) is 19.0 Å². The van der Waals surface area contributed by atoms with Gasteiger partial charge >= 0.3 is 0 Å². The highest BCUT2D eigenvalue weighted by Gasteiger charge is 2.38. The Kier molecular flexibility index (Phi) is 6.92. The number of anilines is 1. The van der Waals surface area contributed by atoms with Crippen molar-refractivity contribution >= 4 is 40.4 Å². The summed E-state index contributed by atoms with van der Waals surface area (Å²) in [6.45, 7) is 0. The first-order valence-corrected chi connectivity index (χ1v) is 11.6. The number of amides is 2. The minimum absolute atomic E-state index is 0.0365. The summed E-state index contributed by atoms with van der Waals surface area (Å²) in [6.07, 6.45) is 2.46. The summed E-state index contributed by atoms with van der Waals surface area (Å²) in [5.41, 5.74) is 0.119. The molecule has 2 heterocycles. The van der Waals surface area contributed by atoms with E-state index in [2.05, 4.69) is 16.0 Å². The Bertz CT molecular complexity index is 1240. The number of rotatable bonds is 6. The Balaban J connectivity index is 1.42. The third-order valence-corrected chi connectivity index (χ3v) is 6.96. The van der Waals surface area contributed by atoms with Crippen LogP contribution in [0.2, 0.25) is 4.34 Å². The van der Waals surface area contributed by atoms with Gasteiger partial charge in [0, 0.05) is 36.3 Å². The van der Waals surface area contributed by atoms with Gasteiger partial charge < -0.3 is 16.0 Å². The van der Waals surface area contributed by atoms with Gasteiger partial charge in [0.2, 0.25) is 5.91 Å². The molecule has 10 heteroatoms. The number of carbonyl (C=O) groups is 2. The molecule has 0 aliphatic heterocycles. The number of nitrogens with zero attached hydrogens (tertiary/aromatic N) is 1. The molecule has 4 rings (SSSR count). The van der Waals surface area contributed by atoms with Crippen LogP contribution in [0, 0.1) is 11.7 Å². The monoisotopic (exact) mass is 488 g/mol. The lowest BCUT2D eigenvalue weighted by molar-refractivity contribution is -0.119. The topological polar surface area (TPSA) is 92.2 Å². The molecule has 0 bridgehead atoms. The lowest BCUT2D eigenvalue weighted by Gasteiger charge is -2.19. The Morgan fingerprint density at radius 2 is 1.91 bits per heavy atom. The van der Waals surface area contributed by atoms with Crippen molar-refractivity contribution in [3.63, 3.8) is 0 Å². The standard InChI is InChI=1S/C23H22ClFN4O3S/c1-26-17-10-13(11-18(17)28-23(32)19-7-8-20(24)33-19)22(31)27-16-6-5-14(12-15(16)25)29-9-3-2-4-21(29)30/h2-9,12-13,17-18,26H,10-11H2,1H3,(H,27,31)(H,28,32)/t13?,17?,18-/m0/s1. The first-order valence-electron chi connectivity index (χ1n) is 10.4. The van der Waals surface area contributed by atoms with Gasteiger partial charge in [0.1, 0.15) is 5.82 Å². The molecule has 3 N–H and O–H groups in total. The van der Waals surface area contributed by atoms with E-state index in [4.69, 9.17) is 11.6 Å². The molecule has 0 spiro atoms. The fourth-order valence-corrected chi connectivity index (χ4v) is 4.98. The van der Waals surface area contributed by atoms with Crippen molar-refractivity contribution < 1.29 is 14.0 Å². The summed E-state index contributed by atoms with van der Waals surface area (Å²) < 4.78 is 16.5. The first-order chi connectivity index (χ1) is 15.9. The van der Waals surface area contributed by atoms with E-state index in [0.29, 0.717) is 27.7 Å². The number of pyridine rings is 1. The highest BCUT2D eigenvalue weighted by molar-refractivity contribution is 7.18. The van der Waals surface area contributed by atoms with Gasteiger partial charge in [-0.2, -0.15) is 0 Å². The zero-order valence-electron chi connectivity index (χ0n) is 17.7. The molecule has 3 atom stereocenters. The van der Waals surface area contributed by atoms with Gasteiger partial charge in [0.15, 0.2) is 0 Å². The number of hydrogen-bond acceptors (Lipinski definition) is 5. The van der Waals surface area contributed by atoms with Crippen LogP contribution in [0.4, 0.5) is 10.1 Å². The summed E-state index contributed by atoms with van der Waals surface area (Å²) in [4.78, 5) is 37.8. The van der Waals surface area contributed by atoms with Gasteiger partial charge in [-0.25, -0.2) is 4.39 Å². The van der Waals surface area contributed by atoms with E-state index in [1.54, 1.807) is 43.6 Å². The predicted octanol–water partition coefficient (Wildman–Crippen LogP) is 3.43. The van der Waals surface area contributed by atoms with Crippen molar-refractivity contribution in [2.75, 3.05) is 12.4 Å². The Morgan fingerprint density at radius 1 is 1.12 bits per heavy atom. The minimum atomic E-state index is -0.640. The fourth-order valence-electron chi connectivity index (χ4n) is 4.04. The molecular formula is C23H22ClFN4O3S. The van der Waals surface area contributed by atoms with Crippen LogP contribution in [-0.2, 0) is 4.79 Å². The molecule has 172 valence electrons. The van der Waals surface area contributed by atoms with Crippen molar-refractivity contribution in [2.45, 2.75) is 24.9 Å². The molecule has 1 aliphatic rings. The molecule has 7 nitrogen and oxygen atoms in total. The average molecular weight is 489 g/mol. The van der Waals surface area contributed by atoms with E-state index in [1.165, 1.54) is 34.1 Å². The van der Waals surface area contributed by atoms with E-state index in [0.717, 1.165) is 0 Å². The van der Waals surface area contributed by atoms with Gasteiger partial charge in [-0.1, -0.05) is 17.7 Å². The largest absolute Gasteiger partial charge is 0.347 e. The average Bonchev–Trinajstić information content (AvgIpc) is 3.41. The van der Waals surface area contributed by atoms with Gasteiger partial charge in [0.05, 0.1) is 20.6 Å². The zero-order chi connectivity index (χ0) is 23.5. The number of carbonyl (C=O) groups excluding carboxylic acids is 2. The quantitative estimate of drug-likeness (QED) is 0.495. The second-order valence-corrected chi connectivity index (χ2v) is 9.52. The summed E-state index contributed by atoms with van der Waals surface area (Å²) in [5, 5.41) is 8.75. The van der Waals surface area contributed by atoms with E-state index < -0.39 is 11.7 Å². The molecule has 1 saturated carbocycles. The first kappa shape index (κ1) is 23.2.